The van der Waals surface area contributed by atoms with E-state index in [0.717, 1.165) is 56.0 Å². The van der Waals surface area contributed by atoms with Gasteiger partial charge in [-0.1, -0.05) is 30.0 Å². The number of thioether (sulfide) groups is 1. The molecule has 0 bridgehead atoms. The third kappa shape index (κ3) is 3.89. The van der Waals surface area contributed by atoms with Crippen LogP contribution < -0.4 is 0 Å². The van der Waals surface area contributed by atoms with Gasteiger partial charge in [-0.05, 0) is 56.1 Å². The third-order valence-electron chi connectivity index (χ3n) is 4.78. The second kappa shape index (κ2) is 8.39. The Morgan fingerprint density at radius 3 is 2.69 bits per heavy atom. The van der Waals surface area contributed by atoms with Crippen LogP contribution in [-0.2, 0) is 6.54 Å². The molecule has 148 valence electrons. The largest absolute Gasteiger partial charge is 0.296 e. The highest BCUT2D eigenvalue weighted by molar-refractivity contribution is 8.00. The molecule has 0 atom stereocenters. The minimum Gasteiger partial charge on any atom is -0.296 e. The number of aromatic nitrogens is 6. The van der Waals surface area contributed by atoms with E-state index < -0.39 is 0 Å². The first kappa shape index (κ1) is 19.0. The van der Waals surface area contributed by atoms with Crippen LogP contribution in [0.15, 0.2) is 51.2 Å². The maximum atomic E-state index is 4.56. The monoisotopic (exact) mass is 441 g/mol. The van der Waals surface area contributed by atoms with Crippen molar-refractivity contribution in [3.63, 3.8) is 0 Å². The number of benzene rings is 1. The van der Waals surface area contributed by atoms with Gasteiger partial charge >= 0.3 is 0 Å². The van der Waals surface area contributed by atoms with Gasteiger partial charge in [-0.25, -0.2) is 15.0 Å². The number of nitrogens with zero attached hydrogens (tertiary/aromatic N) is 7. The SMILES string of the molecule is CSc1nc2ncnc(Sc3nnc(CN4CCCC4)n3-c3ccccc3)c2s1. The summed E-state index contributed by atoms with van der Waals surface area (Å²) in [5, 5.41) is 10.8. The lowest BCUT2D eigenvalue weighted by atomic mass is 10.3. The van der Waals surface area contributed by atoms with E-state index in [0.29, 0.717) is 0 Å². The second-order valence-corrected chi connectivity index (χ2v) is 9.68. The summed E-state index contributed by atoms with van der Waals surface area (Å²) >= 11 is 4.76. The van der Waals surface area contributed by atoms with Crippen molar-refractivity contribution >= 4 is 45.2 Å². The minimum atomic E-state index is 0.736. The first-order valence-corrected chi connectivity index (χ1v) is 12.2. The summed E-state index contributed by atoms with van der Waals surface area (Å²) in [7, 11) is 0. The Balaban J connectivity index is 1.55. The number of rotatable bonds is 6. The summed E-state index contributed by atoms with van der Waals surface area (Å²) in [6.45, 7) is 3.04. The van der Waals surface area contributed by atoms with Crippen LogP contribution in [0.4, 0.5) is 0 Å². The van der Waals surface area contributed by atoms with Gasteiger partial charge in [0.25, 0.3) is 0 Å². The van der Waals surface area contributed by atoms with Crippen LogP contribution in [0.25, 0.3) is 16.0 Å². The molecule has 0 radical (unpaired) electrons. The molecule has 1 aromatic carbocycles. The Kier molecular flexibility index (Phi) is 5.49. The molecular weight excluding hydrogens is 422 g/mol. The predicted octanol–water partition coefficient (Wildman–Crippen LogP) is 4.14. The number of hydrogen-bond donors (Lipinski definition) is 0. The van der Waals surface area contributed by atoms with E-state index in [1.165, 1.54) is 24.6 Å². The zero-order chi connectivity index (χ0) is 19.6. The summed E-state index contributed by atoms with van der Waals surface area (Å²) in [6.07, 6.45) is 6.10. The van der Waals surface area contributed by atoms with Crippen molar-refractivity contribution in [3.8, 4) is 5.69 Å². The molecule has 1 aliphatic rings. The molecule has 0 saturated carbocycles. The minimum absolute atomic E-state index is 0.736. The van der Waals surface area contributed by atoms with Gasteiger partial charge in [0, 0.05) is 5.69 Å². The van der Waals surface area contributed by atoms with Crippen molar-refractivity contribution in [1.82, 2.24) is 34.6 Å². The lowest BCUT2D eigenvalue weighted by molar-refractivity contribution is 0.319. The van der Waals surface area contributed by atoms with E-state index in [9.17, 15) is 0 Å². The second-order valence-electron chi connectivity index (χ2n) is 6.67. The fourth-order valence-corrected chi connectivity index (χ4v) is 5.89. The Labute approximate surface area is 181 Å². The van der Waals surface area contributed by atoms with Crippen molar-refractivity contribution in [2.45, 2.75) is 33.9 Å². The van der Waals surface area contributed by atoms with Gasteiger partial charge < -0.3 is 0 Å². The lowest BCUT2D eigenvalue weighted by Crippen LogP contribution is -2.21. The van der Waals surface area contributed by atoms with Crippen LogP contribution in [0.2, 0.25) is 0 Å². The van der Waals surface area contributed by atoms with E-state index in [4.69, 9.17) is 0 Å². The van der Waals surface area contributed by atoms with Crippen LogP contribution in [0.5, 0.6) is 0 Å². The summed E-state index contributed by atoms with van der Waals surface area (Å²) in [6, 6.07) is 10.3. The Morgan fingerprint density at radius 1 is 1.07 bits per heavy atom. The van der Waals surface area contributed by atoms with Crippen molar-refractivity contribution in [3.05, 3.63) is 42.5 Å². The normalized spacial score (nSPS) is 14.8. The molecule has 0 unspecified atom stereocenters. The Hall–Kier alpha value is -2.01. The predicted molar refractivity (Wildman–Crippen MR) is 117 cm³/mol. The fraction of sp³-hybridized carbons (Fsp3) is 0.316. The standard InChI is InChI=1S/C19H19N7S3/c1-27-19-22-16-15(28-19)17(21-12-20-16)29-18-24-23-14(11-25-9-5-6-10-25)26(18)13-7-3-2-4-8-13/h2-4,7-8,12H,5-6,9-11H2,1H3. The van der Waals surface area contributed by atoms with E-state index in [-0.39, 0.29) is 0 Å². The van der Waals surface area contributed by atoms with Crippen molar-refractivity contribution < 1.29 is 0 Å². The van der Waals surface area contributed by atoms with E-state index in [1.807, 2.05) is 24.5 Å². The van der Waals surface area contributed by atoms with Gasteiger partial charge in [0.15, 0.2) is 15.8 Å². The summed E-state index contributed by atoms with van der Waals surface area (Å²) < 4.78 is 4.13. The first-order chi connectivity index (χ1) is 14.3. The quantitative estimate of drug-likeness (QED) is 0.327. The van der Waals surface area contributed by atoms with Crippen molar-refractivity contribution in [2.24, 2.45) is 0 Å². The molecule has 4 aromatic rings. The van der Waals surface area contributed by atoms with Gasteiger partial charge in [0.2, 0.25) is 5.16 Å². The smallest absolute Gasteiger partial charge is 0.202 e. The molecule has 1 fully saturated rings. The number of thiazole rings is 1. The van der Waals surface area contributed by atoms with Crippen LogP contribution >= 0.6 is 34.9 Å². The van der Waals surface area contributed by atoms with Crippen molar-refractivity contribution in [1.29, 1.82) is 0 Å². The topological polar surface area (TPSA) is 72.6 Å². The van der Waals surface area contributed by atoms with Gasteiger partial charge in [-0.15, -0.1) is 21.5 Å². The molecule has 3 aromatic heterocycles. The molecule has 0 aliphatic carbocycles. The number of fused-ring (bicyclic) bond motifs is 1. The van der Waals surface area contributed by atoms with Gasteiger partial charge in [0.05, 0.1) is 6.54 Å². The van der Waals surface area contributed by atoms with Crippen LogP contribution in [-0.4, -0.2) is 54.0 Å². The maximum Gasteiger partial charge on any atom is 0.202 e. The highest BCUT2D eigenvalue weighted by Gasteiger charge is 2.21. The highest BCUT2D eigenvalue weighted by atomic mass is 32.2. The average Bonchev–Trinajstić information content (AvgIpc) is 3.49. The molecule has 0 amide bonds. The molecule has 10 heteroatoms. The summed E-state index contributed by atoms with van der Waals surface area (Å²) in [5.74, 6) is 0.958. The first-order valence-electron chi connectivity index (χ1n) is 9.37. The van der Waals surface area contributed by atoms with E-state index in [2.05, 4.69) is 46.7 Å². The van der Waals surface area contributed by atoms with Gasteiger partial charge in [-0.3, -0.25) is 9.47 Å². The summed E-state index contributed by atoms with van der Waals surface area (Å²) in [4.78, 5) is 15.8. The van der Waals surface area contributed by atoms with Gasteiger partial charge in [-0.2, -0.15) is 0 Å². The zero-order valence-corrected chi connectivity index (χ0v) is 18.3. The molecule has 29 heavy (non-hydrogen) atoms. The fourth-order valence-electron chi connectivity index (χ4n) is 3.41. The highest BCUT2D eigenvalue weighted by Crippen LogP contribution is 2.36. The zero-order valence-electron chi connectivity index (χ0n) is 15.9. The Morgan fingerprint density at radius 2 is 1.90 bits per heavy atom. The van der Waals surface area contributed by atoms with Crippen LogP contribution in [0.1, 0.15) is 18.7 Å². The van der Waals surface area contributed by atoms with Crippen molar-refractivity contribution in [2.75, 3.05) is 19.3 Å². The molecule has 5 rings (SSSR count). The third-order valence-corrected chi connectivity index (χ3v) is 7.90. The number of para-hydroxylation sites is 1. The summed E-state index contributed by atoms with van der Waals surface area (Å²) in [5.41, 5.74) is 1.80. The number of likely N-dealkylation sites (tertiary alicyclic amines) is 1. The number of hydrogen-bond acceptors (Lipinski definition) is 9. The molecule has 4 heterocycles. The van der Waals surface area contributed by atoms with E-state index >= 15 is 0 Å². The molecule has 1 aliphatic heterocycles. The Bertz CT molecular complexity index is 1120. The van der Waals surface area contributed by atoms with Gasteiger partial charge in [0.1, 0.15) is 16.1 Å². The molecule has 0 N–H and O–H groups in total. The molecule has 1 saturated heterocycles. The molecule has 0 spiro atoms. The molecule has 7 nitrogen and oxygen atoms in total. The maximum absolute atomic E-state index is 4.56. The lowest BCUT2D eigenvalue weighted by Gasteiger charge is -2.15. The van der Waals surface area contributed by atoms with E-state index in [1.54, 1.807) is 29.4 Å². The average molecular weight is 442 g/mol. The van der Waals surface area contributed by atoms with Crippen LogP contribution in [0.3, 0.4) is 0 Å². The van der Waals surface area contributed by atoms with Crippen LogP contribution in [0, 0.1) is 0 Å². The molecular formula is C19H19N7S3.